The van der Waals surface area contributed by atoms with Crippen LogP contribution in [0.15, 0.2) is 24.3 Å². The molecule has 2 aromatic rings. The largest absolute Gasteiger partial charge is 0.497 e. The molecule has 0 unspecified atom stereocenters. The number of carbonyl (C=O) groups is 2. The molecule has 8 nitrogen and oxygen atoms in total. The monoisotopic (exact) mass is 466 g/mol. The molecule has 168 valence electrons. The highest BCUT2D eigenvalue weighted by molar-refractivity contribution is 7.92. The second-order valence-corrected chi connectivity index (χ2v) is 10.2. The Morgan fingerprint density at radius 2 is 1.90 bits per heavy atom. The van der Waals surface area contributed by atoms with Gasteiger partial charge in [0, 0.05) is 4.88 Å². The van der Waals surface area contributed by atoms with Crippen LogP contribution in [0.4, 0.5) is 10.7 Å². The Labute approximate surface area is 186 Å². The van der Waals surface area contributed by atoms with Crippen LogP contribution in [-0.4, -0.2) is 46.3 Å². The lowest BCUT2D eigenvalue weighted by Gasteiger charge is -2.28. The second-order valence-electron chi connectivity index (χ2n) is 7.20. The molecule has 0 radical (unpaired) electrons. The number of nitrogens with one attached hydrogen (secondary N) is 1. The van der Waals surface area contributed by atoms with Crippen molar-refractivity contribution in [2.24, 2.45) is 0 Å². The topological polar surface area (TPSA) is 102 Å². The van der Waals surface area contributed by atoms with Crippen LogP contribution >= 0.6 is 11.3 Å². The maximum absolute atomic E-state index is 13.1. The number of ether oxygens (including phenoxy) is 2. The van der Waals surface area contributed by atoms with Crippen LogP contribution in [-0.2, 0) is 32.4 Å². The number of aryl methyl sites for hydroxylation is 1. The average molecular weight is 467 g/mol. The number of methoxy groups -OCH3 is 1. The molecule has 1 heterocycles. The predicted octanol–water partition coefficient (Wildman–Crippen LogP) is 3.22. The number of hydrogen-bond acceptors (Lipinski definition) is 7. The van der Waals surface area contributed by atoms with Crippen LogP contribution in [0.25, 0.3) is 0 Å². The van der Waals surface area contributed by atoms with Gasteiger partial charge in [0.1, 0.15) is 16.8 Å². The molecule has 0 saturated carbocycles. The first-order valence-corrected chi connectivity index (χ1v) is 12.6. The van der Waals surface area contributed by atoms with Crippen molar-refractivity contribution >= 4 is 43.9 Å². The second kappa shape index (κ2) is 9.27. The van der Waals surface area contributed by atoms with Gasteiger partial charge in [-0.25, -0.2) is 13.2 Å². The number of hydrogen-bond donors (Lipinski definition) is 1. The number of thiophene rings is 1. The Morgan fingerprint density at radius 1 is 1.23 bits per heavy atom. The van der Waals surface area contributed by atoms with Crippen molar-refractivity contribution in [3.05, 3.63) is 40.3 Å². The van der Waals surface area contributed by atoms with Crippen molar-refractivity contribution in [3.8, 4) is 5.75 Å². The number of anilines is 2. The standard InChI is InChI=1S/C21H26N2O6S2/c1-5-29-21(25)18-16-7-6-8-17(16)30-20(18)22-19(24)13(2)23(31(4,26)27)14-9-11-15(28-3)12-10-14/h9-13H,5-8H2,1-4H3,(H,22,24)/t13-/m1/s1. The number of sulfonamides is 1. The molecule has 3 rings (SSSR count). The minimum absolute atomic E-state index is 0.229. The Bertz CT molecular complexity index is 1080. The van der Waals surface area contributed by atoms with Gasteiger partial charge in [0.05, 0.1) is 31.2 Å². The van der Waals surface area contributed by atoms with Crippen LogP contribution in [0.2, 0.25) is 0 Å². The van der Waals surface area contributed by atoms with Crippen LogP contribution in [0.1, 0.15) is 41.1 Å². The molecular weight excluding hydrogens is 440 g/mol. The number of rotatable bonds is 8. The fourth-order valence-corrected chi connectivity index (χ4v) is 6.12. The molecule has 0 spiro atoms. The first-order valence-electron chi connectivity index (χ1n) is 9.93. The molecule has 1 amide bonds. The van der Waals surface area contributed by atoms with Gasteiger partial charge in [-0.3, -0.25) is 9.10 Å². The molecule has 1 aliphatic rings. The van der Waals surface area contributed by atoms with Gasteiger partial charge in [-0.15, -0.1) is 11.3 Å². The molecule has 1 aromatic heterocycles. The summed E-state index contributed by atoms with van der Waals surface area (Å²) in [4.78, 5) is 26.7. The summed E-state index contributed by atoms with van der Waals surface area (Å²) < 4.78 is 36.4. The summed E-state index contributed by atoms with van der Waals surface area (Å²) in [5.74, 6) is -0.437. The third-order valence-electron chi connectivity index (χ3n) is 5.05. The van der Waals surface area contributed by atoms with E-state index in [1.54, 1.807) is 31.2 Å². The van der Waals surface area contributed by atoms with E-state index in [4.69, 9.17) is 9.47 Å². The highest BCUT2D eigenvalue weighted by Gasteiger charge is 2.32. The molecule has 0 fully saturated rings. The van der Waals surface area contributed by atoms with Gasteiger partial charge in [-0.1, -0.05) is 0 Å². The Hall–Kier alpha value is -2.59. The van der Waals surface area contributed by atoms with E-state index >= 15 is 0 Å². The molecular formula is C21H26N2O6S2. The summed E-state index contributed by atoms with van der Waals surface area (Å²) in [5.41, 5.74) is 1.64. The molecule has 0 saturated heterocycles. The van der Waals surface area contributed by atoms with Gasteiger partial charge in [0.2, 0.25) is 15.9 Å². The van der Waals surface area contributed by atoms with Gasteiger partial charge in [0.15, 0.2) is 0 Å². The summed E-state index contributed by atoms with van der Waals surface area (Å²) in [6.45, 7) is 3.46. The van der Waals surface area contributed by atoms with Crippen molar-refractivity contribution in [1.29, 1.82) is 0 Å². The van der Waals surface area contributed by atoms with Crippen molar-refractivity contribution in [2.45, 2.75) is 39.2 Å². The highest BCUT2D eigenvalue weighted by Crippen LogP contribution is 2.39. The van der Waals surface area contributed by atoms with E-state index in [-0.39, 0.29) is 6.61 Å². The number of fused-ring (bicyclic) bond motifs is 1. The number of benzene rings is 1. The summed E-state index contributed by atoms with van der Waals surface area (Å²) in [5, 5.41) is 3.18. The Kier molecular flexibility index (Phi) is 6.90. The predicted molar refractivity (Wildman–Crippen MR) is 121 cm³/mol. The average Bonchev–Trinajstić information content (AvgIpc) is 3.28. The van der Waals surface area contributed by atoms with E-state index in [0.717, 1.165) is 40.3 Å². The maximum atomic E-state index is 13.1. The van der Waals surface area contributed by atoms with Gasteiger partial charge in [-0.2, -0.15) is 0 Å². The first-order chi connectivity index (χ1) is 14.7. The van der Waals surface area contributed by atoms with Crippen molar-refractivity contribution in [1.82, 2.24) is 0 Å². The quantitative estimate of drug-likeness (QED) is 0.600. The third kappa shape index (κ3) is 4.85. The minimum atomic E-state index is -3.76. The number of carbonyl (C=O) groups excluding carboxylic acids is 2. The Balaban J connectivity index is 1.90. The van der Waals surface area contributed by atoms with Crippen LogP contribution < -0.4 is 14.4 Å². The van der Waals surface area contributed by atoms with E-state index in [0.29, 0.717) is 22.0 Å². The summed E-state index contributed by atoms with van der Waals surface area (Å²) in [6, 6.07) is 5.36. The van der Waals surface area contributed by atoms with Crippen LogP contribution in [0.3, 0.4) is 0 Å². The van der Waals surface area contributed by atoms with E-state index in [1.807, 2.05) is 0 Å². The van der Waals surface area contributed by atoms with Gasteiger partial charge in [0.25, 0.3) is 0 Å². The maximum Gasteiger partial charge on any atom is 0.341 e. The molecule has 1 atom stereocenters. The van der Waals surface area contributed by atoms with Gasteiger partial charge < -0.3 is 14.8 Å². The van der Waals surface area contributed by atoms with Crippen LogP contribution in [0, 0.1) is 0 Å². The van der Waals surface area contributed by atoms with E-state index < -0.39 is 27.9 Å². The smallest absolute Gasteiger partial charge is 0.341 e. The normalized spacial score (nSPS) is 13.9. The number of nitrogens with zero attached hydrogens (tertiary/aromatic N) is 1. The summed E-state index contributed by atoms with van der Waals surface area (Å²) in [6.07, 6.45) is 3.61. The lowest BCUT2D eigenvalue weighted by molar-refractivity contribution is -0.116. The lowest BCUT2D eigenvalue weighted by atomic mass is 10.1. The fraction of sp³-hybridized carbons (Fsp3) is 0.429. The molecule has 1 aromatic carbocycles. The van der Waals surface area contributed by atoms with Gasteiger partial charge in [-0.05, 0) is 62.9 Å². The molecule has 31 heavy (non-hydrogen) atoms. The fourth-order valence-electron chi connectivity index (χ4n) is 3.67. The summed E-state index contributed by atoms with van der Waals surface area (Å²) in [7, 11) is -2.25. The van der Waals surface area contributed by atoms with E-state index in [1.165, 1.54) is 25.4 Å². The number of amides is 1. The molecule has 0 bridgehead atoms. The molecule has 1 aliphatic carbocycles. The zero-order valence-corrected chi connectivity index (χ0v) is 19.6. The van der Waals surface area contributed by atoms with E-state index in [2.05, 4.69) is 5.32 Å². The highest BCUT2D eigenvalue weighted by atomic mass is 32.2. The minimum Gasteiger partial charge on any atom is -0.497 e. The van der Waals surface area contributed by atoms with Crippen molar-refractivity contribution in [3.63, 3.8) is 0 Å². The SMILES string of the molecule is CCOC(=O)c1c(NC(=O)[C@@H](C)N(c2ccc(OC)cc2)S(C)(=O)=O)sc2c1CCC2. The Morgan fingerprint density at radius 3 is 2.48 bits per heavy atom. The van der Waals surface area contributed by atoms with Crippen LogP contribution in [0.5, 0.6) is 5.75 Å². The van der Waals surface area contributed by atoms with Crippen molar-refractivity contribution < 1.29 is 27.5 Å². The molecule has 0 aliphatic heterocycles. The third-order valence-corrected chi connectivity index (χ3v) is 7.50. The van der Waals surface area contributed by atoms with Crippen molar-refractivity contribution in [2.75, 3.05) is 29.6 Å². The van der Waals surface area contributed by atoms with Gasteiger partial charge >= 0.3 is 5.97 Å². The number of esters is 1. The first kappa shape index (κ1) is 23.1. The zero-order valence-electron chi connectivity index (χ0n) is 17.9. The van der Waals surface area contributed by atoms with E-state index in [9.17, 15) is 18.0 Å². The lowest BCUT2D eigenvalue weighted by Crippen LogP contribution is -2.45. The molecule has 10 heteroatoms. The zero-order chi connectivity index (χ0) is 22.8. The summed E-state index contributed by atoms with van der Waals surface area (Å²) >= 11 is 1.35. The molecule has 1 N–H and O–H groups in total.